The lowest BCUT2D eigenvalue weighted by Crippen LogP contribution is -2.16. The molecule has 3 aromatic rings. The van der Waals surface area contributed by atoms with Crippen LogP contribution in [-0.4, -0.2) is 6.54 Å². The Morgan fingerprint density at radius 2 is 1.80 bits per heavy atom. The molecule has 0 atom stereocenters. The molecule has 2 aromatic carbocycles. The van der Waals surface area contributed by atoms with Crippen LogP contribution < -0.4 is 5.32 Å². The molecule has 0 aliphatic carbocycles. The van der Waals surface area contributed by atoms with Crippen LogP contribution in [0.15, 0.2) is 59.2 Å². The van der Waals surface area contributed by atoms with Crippen molar-refractivity contribution in [1.29, 1.82) is 0 Å². The zero-order valence-electron chi connectivity index (χ0n) is 11.1. The van der Waals surface area contributed by atoms with Gasteiger partial charge in [-0.05, 0) is 36.7 Å². The van der Waals surface area contributed by atoms with Gasteiger partial charge in [0, 0.05) is 17.5 Å². The number of hydrogen-bond donors (Lipinski definition) is 1. The lowest BCUT2D eigenvalue weighted by Gasteiger charge is -2.04. The van der Waals surface area contributed by atoms with Gasteiger partial charge < -0.3 is 9.73 Å². The Hall–Kier alpha value is -2.13. The summed E-state index contributed by atoms with van der Waals surface area (Å²) in [5.41, 5.74) is 3.22. The van der Waals surface area contributed by atoms with Crippen molar-refractivity contribution in [3.05, 3.63) is 71.7 Å². The molecule has 0 radical (unpaired) electrons. The molecule has 0 unspecified atom stereocenters. The van der Waals surface area contributed by atoms with E-state index >= 15 is 0 Å². The third-order valence-corrected chi connectivity index (χ3v) is 3.38. The van der Waals surface area contributed by atoms with Crippen LogP contribution in [0.5, 0.6) is 0 Å². The van der Waals surface area contributed by atoms with E-state index in [1.807, 2.05) is 30.3 Å². The lowest BCUT2D eigenvalue weighted by atomic mass is 10.1. The molecule has 0 saturated heterocycles. The first-order chi connectivity index (χ1) is 9.83. The number of nitrogens with one attached hydrogen (secondary N) is 1. The highest BCUT2D eigenvalue weighted by molar-refractivity contribution is 5.80. The van der Waals surface area contributed by atoms with Crippen LogP contribution in [0.25, 0.3) is 11.0 Å². The zero-order chi connectivity index (χ0) is 13.8. The van der Waals surface area contributed by atoms with E-state index in [1.165, 1.54) is 17.7 Å². The van der Waals surface area contributed by atoms with Gasteiger partial charge in [-0.2, -0.15) is 0 Å². The van der Waals surface area contributed by atoms with Gasteiger partial charge in [0.1, 0.15) is 11.4 Å². The molecule has 0 aliphatic rings. The fraction of sp³-hybridized carbons (Fsp3) is 0.176. The van der Waals surface area contributed by atoms with Crippen LogP contribution in [0.1, 0.15) is 11.1 Å². The lowest BCUT2D eigenvalue weighted by molar-refractivity contribution is 0.602. The first-order valence-corrected chi connectivity index (χ1v) is 6.73. The van der Waals surface area contributed by atoms with E-state index in [2.05, 4.69) is 11.4 Å². The molecule has 0 saturated carbocycles. The molecular weight excluding hydrogens is 253 g/mol. The van der Waals surface area contributed by atoms with E-state index in [1.54, 1.807) is 6.26 Å². The highest BCUT2D eigenvalue weighted by Gasteiger charge is 2.04. The van der Waals surface area contributed by atoms with Gasteiger partial charge in [-0.25, -0.2) is 4.39 Å². The summed E-state index contributed by atoms with van der Waals surface area (Å²) in [6.07, 6.45) is 2.69. The number of para-hydroxylation sites is 1. The van der Waals surface area contributed by atoms with Gasteiger partial charge in [-0.3, -0.25) is 0 Å². The highest BCUT2D eigenvalue weighted by Crippen LogP contribution is 2.20. The molecule has 0 fully saturated rings. The number of rotatable bonds is 5. The minimum Gasteiger partial charge on any atom is -0.464 e. The summed E-state index contributed by atoms with van der Waals surface area (Å²) in [7, 11) is 0. The van der Waals surface area contributed by atoms with Crippen molar-refractivity contribution in [3.8, 4) is 0 Å². The van der Waals surface area contributed by atoms with Gasteiger partial charge >= 0.3 is 0 Å². The quantitative estimate of drug-likeness (QED) is 0.710. The molecule has 0 bridgehead atoms. The van der Waals surface area contributed by atoms with Crippen LogP contribution >= 0.6 is 0 Å². The monoisotopic (exact) mass is 269 g/mol. The maximum absolute atomic E-state index is 12.8. The Morgan fingerprint density at radius 1 is 1.00 bits per heavy atom. The number of halogens is 1. The fourth-order valence-electron chi connectivity index (χ4n) is 2.28. The molecule has 0 amide bonds. The minimum atomic E-state index is -0.188. The molecule has 0 aliphatic heterocycles. The molecule has 102 valence electrons. The average Bonchev–Trinajstić information content (AvgIpc) is 2.89. The summed E-state index contributed by atoms with van der Waals surface area (Å²) in [6.45, 7) is 1.63. The van der Waals surface area contributed by atoms with Gasteiger partial charge in [0.2, 0.25) is 0 Å². The van der Waals surface area contributed by atoms with E-state index in [0.29, 0.717) is 0 Å². The second-order valence-corrected chi connectivity index (χ2v) is 4.81. The van der Waals surface area contributed by atoms with E-state index < -0.39 is 0 Å². The van der Waals surface area contributed by atoms with Crippen LogP contribution in [0.4, 0.5) is 4.39 Å². The predicted octanol–water partition coefficient (Wildman–Crippen LogP) is 3.90. The Kier molecular flexibility index (Phi) is 3.79. The van der Waals surface area contributed by atoms with Crippen molar-refractivity contribution >= 4 is 11.0 Å². The molecule has 1 N–H and O–H groups in total. The molecule has 20 heavy (non-hydrogen) atoms. The Morgan fingerprint density at radius 3 is 2.65 bits per heavy atom. The molecule has 1 heterocycles. The Bertz CT molecular complexity index is 688. The predicted molar refractivity (Wildman–Crippen MR) is 78.0 cm³/mol. The molecule has 3 heteroatoms. The van der Waals surface area contributed by atoms with Gasteiger partial charge in [0.15, 0.2) is 0 Å². The summed E-state index contributed by atoms with van der Waals surface area (Å²) in [5.74, 6) is -0.188. The summed E-state index contributed by atoms with van der Waals surface area (Å²) < 4.78 is 18.3. The van der Waals surface area contributed by atoms with Crippen LogP contribution in [-0.2, 0) is 13.0 Å². The maximum Gasteiger partial charge on any atom is 0.134 e. The van der Waals surface area contributed by atoms with Crippen molar-refractivity contribution in [2.45, 2.75) is 13.0 Å². The number of benzene rings is 2. The van der Waals surface area contributed by atoms with Crippen molar-refractivity contribution in [3.63, 3.8) is 0 Å². The summed E-state index contributed by atoms with van der Waals surface area (Å²) in [6, 6.07) is 14.7. The smallest absolute Gasteiger partial charge is 0.134 e. The summed E-state index contributed by atoms with van der Waals surface area (Å²) >= 11 is 0. The van der Waals surface area contributed by atoms with Crippen LogP contribution in [0, 0.1) is 5.82 Å². The highest BCUT2D eigenvalue weighted by atomic mass is 19.1. The summed E-state index contributed by atoms with van der Waals surface area (Å²) in [4.78, 5) is 0. The first kappa shape index (κ1) is 12.9. The van der Waals surface area contributed by atoms with Crippen molar-refractivity contribution < 1.29 is 8.81 Å². The van der Waals surface area contributed by atoms with Crippen molar-refractivity contribution in [2.24, 2.45) is 0 Å². The fourth-order valence-corrected chi connectivity index (χ4v) is 2.28. The Balaban J connectivity index is 1.54. The molecular formula is C17H16FNO. The van der Waals surface area contributed by atoms with Crippen molar-refractivity contribution in [1.82, 2.24) is 5.32 Å². The first-order valence-electron chi connectivity index (χ1n) is 6.73. The molecule has 3 rings (SSSR count). The number of hydrogen-bond acceptors (Lipinski definition) is 2. The SMILES string of the molecule is Fc1ccc(CCNCc2coc3ccccc23)cc1. The third-order valence-electron chi connectivity index (χ3n) is 3.38. The maximum atomic E-state index is 12.8. The zero-order valence-corrected chi connectivity index (χ0v) is 11.1. The molecule has 2 nitrogen and oxygen atoms in total. The van der Waals surface area contributed by atoms with E-state index in [9.17, 15) is 4.39 Å². The van der Waals surface area contributed by atoms with E-state index in [0.717, 1.165) is 36.0 Å². The molecule has 1 aromatic heterocycles. The third kappa shape index (κ3) is 2.89. The van der Waals surface area contributed by atoms with Crippen LogP contribution in [0.3, 0.4) is 0 Å². The minimum absolute atomic E-state index is 0.188. The second kappa shape index (κ2) is 5.88. The van der Waals surface area contributed by atoms with Gasteiger partial charge in [0.25, 0.3) is 0 Å². The van der Waals surface area contributed by atoms with Crippen LogP contribution in [0.2, 0.25) is 0 Å². The summed E-state index contributed by atoms with van der Waals surface area (Å²) in [5, 5.41) is 4.54. The largest absolute Gasteiger partial charge is 0.464 e. The number of fused-ring (bicyclic) bond motifs is 1. The van der Waals surface area contributed by atoms with E-state index in [4.69, 9.17) is 4.42 Å². The average molecular weight is 269 g/mol. The standard InChI is InChI=1S/C17H16FNO/c18-15-7-5-13(6-8-15)9-10-19-11-14-12-20-17-4-2-1-3-16(14)17/h1-8,12,19H,9-11H2. The van der Waals surface area contributed by atoms with Crippen molar-refractivity contribution in [2.75, 3.05) is 6.54 Å². The molecule has 0 spiro atoms. The normalized spacial score (nSPS) is 11.1. The second-order valence-electron chi connectivity index (χ2n) is 4.81. The Labute approximate surface area is 117 Å². The van der Waals surface area contributed by atoms with E-state index in [-0.39, 0.29) is 5.82 Å². The van der Waals surface area contributed by atoms with Gasteiger partial charge in [0.05, 0.1) is 6.26 Å². The number of furan rings is 1. The topological polar surface area (TPSA) is 25.2 Å². The van der Waals surface area contributed by atoms with Gasteiger partial charge in [-0.15, -0.1) is 0 Å². The van der Waals surface area contributed by atoms with Gasteiger partial charge in [-0.1, -0.05) is 30.3 Å².